The monoisotopic (exact) mass is 413 g/mol. The number of piperazine rings is 1. The molecule has 4 rings (SSSR count). The van der Waals surface area contributed by atoms with Gasteiger partial charge in [0.1, 0.15) is 5.69 Å². The van der Waals surface area contributed by atoms with E-state index < -0.39 is 17.6 Å². The first kappa shape index (κ1) is 19.8. The van der Waals surface area contributed by atoms with Crippen molar-refractivity contribution >= 4 is 11.7 Å². The molecular weight excluding hydrogens is 395 g/mol. The normalized spacial score (nSPS) is 14.6. The molecule has 0 atom stereocenters. The first-order valence-electron chi connectivity index (χ1n) is 9.38. The highest BCUT2D eigenvalue weighted by molar-refractivity contribution is 5.94. The van der Waals surface area contributed by atoms with Crippen molar-refractivity contribution < 1.29 is 18.0 Å². The lowest BCUT2D eigenvalue weighted by Gasteiger charge is -2.35. The van der Waals surface area contributed by atoms with Gasteiger partial charge in [-0.25, -0.2) is 0 Å². The Hall–Kier alpha value is -3.49. The zero-order valence-electron chi connectivity index (χ0n) is 15.9. The van der Waals surface area contributed by atoms with E-state index in [2.05, 4.69) is 15.2 Å². The Morgan fingerprint density at radius 3 is 2.30 bits per heavy atom. The molecule has 1 fully saturated rings. The van der Waals surface area contributed by atoms with Crippen LogP contribution in [0, 0.1) is 0 Å². The van der Waals surface area contributed by atoms with Gasteiger partial charge in [-0.15, -0.1) is 10.2 Å². The molecule has 3 heterocycles. The van der Waals surface area contributed by atoms with Gasteiger partial charge in [0.15, 0.2) is 5.82 Å². The minimum atomic E-state index is -4.48. The lowest BCUT2D eigenvalue weighted by molar-refractivity contribution is -0.137. The third-order valence-corrected chi connectivity index (χ3v) is 4.91. The highest BCUT2D eigenvalue weighted by Gasteiger charge is 2.31. The van der Waals surface area contributed by atoms with Crippen LogP contribution in [-0.2, 0) is 6.18 Å². The molecule has 154 valence electrons. The second kappa shape index (κ2) is 8.10. The molecule has 3 aromatic rings. The molecule has 0 unspecified atom stereocenters. The van der Waals surface area contributed by atoms with Gasteiger partial charge in [0.25, 0.3) is 5.91 Å². The van der Waals surface area contributed by atoms with Gasteiger partial charge < -0.3 is 9.80 Å². The molecule has 1 aliphatic heterocycles. The van der Waals surface area contributed by atoms with Gasteiger partial charge in [0.2, 0.25) is 0 Å². The SMILES string of the molecule is O=C(c1cccc(C(F)(F)F)c1)N1CCN(c2ccc(-c3ccccn3)nn2)CC1. The molecule has 0 saturated carbocycles. The summed E-state index contributed by atoms with van der Waals surface area (Å²) in [6, 6.07) is 13.8. The molecule has 2 aromatic heterocycles. The van der Waals surface area contributed by atoms with Crippen LogP contribution in [0.2, 0.25) is 0 Å². The molecule has 0 N–H and O–H groups in total. The molecular formula is C21H18F3N5O. The van der Waals surface area contributed by atoms with E-state index in [0.717, 1.165) is 17.8 Å². The number of anilines is 1. The van der Waals surface area contributed by atoms with Crippen molar-refractivity contribution in [1.29, 1.82) is 0 Å². The van der Waals surface area contributed by atoms with Gasteiger partial charge in [-0.05, 0) is 42.5 Å². The van der Waals surface area contributed by atoms with Crippen molar-refractivity contribution in [3.8, 4) is 11.4 Å². The highest BCUT2D eigenvalue weighted by atomic mass is 19.4. The van der Waals surface area contributed by atoms with Crippen LogP contribution >= 0.6 is 0 Å². The average molecular weight is 413 g/mol. The number of carbonyl (C=O) groups excluding carboxylic acids is 1. The Morgan fingerprint density at radius 1 is 0.867 bits per heavy atom. The van der Waals surface area contributed by atoms with Gasteiger partial charge in [0, 0.05) is 37.9 Å². The number of amides is 1. The van der Waals surface area contributed by atoms with Gasteiger partial charge in [-0.3, -0.25) is 9.78 Å². The maximum absolute atomic E-state index is 12.9. The molecule has 30 heavy (non-hydrogen) atoms. The molecule has 1 amide bonds. The number of hydrogen-bond acceptors (Lipinski definition) is 5. The third kappa shape index (κ3) is 4.24. The summed E-state index contributed by atoms with van der Waals surface area (Å²) in [6.45, 7) is 1.81. The second-order valence-electron chi connectivity index (χ2n) is 6.85. The summed E-state index contributed by atoms with van der Waals surface area (Å²) in [7, 11) is 0. The number of hydrogen-bond donors (Lipinski definition) is 0. The van der Waals surface area contributed by atoms with E-state index in [1.165, 1.54) is 12.1 Å². The Bertz CT molecular complexity index is 1020. The summed E-state index contributed by atoms with van der Waals surface area (Å²) in [6.07, 6.45) is -2.79. The molecule has 1 aliphatic rings. The minimum absolute atomic E-state index is 0.0396. The summed E-state index contributed by atoms with van der Waals surface area (Å²) in [5.74, 6) is 0.276. The lowest BCUT2D eigenvalue weighted by Crippen LogP contribution is -2.49. The number of halogens is 3. The Kier molecular flexibility index (Phi) is 5.35. The molecule has 0 aliphatic carbocycles. The van der Waals surface area contributed by atoms with Gasteiger partial charge >= 0.3 is 6.18 Å². The summed E-state index contributed by atoms with van der Waals surface area (Å²) < 4.78 is 38.7. The zero-order valence-corrected chi connectivity index (χ0v) is 15.9. The van der Waals surface area contributed by atoms with Crippen LogP contribution in [0.3, 0.4) is 0 Å². The lowest BCUT2D eigenvalue weighted by atomic mass is 10.1. The average Bonchev–Trinajstić information content (AvgIpc) is 2.79. The van der Waals surface area contributed by atoms with Gasteiger partial charge in [0.05, 0.1) is 11.3 Å². The molecule has 1 saturated heterocycles. The minimum Gasteiger partial charge on any atom is -0.352 e. The maximum atomic E-state index is 12.9. The summed E-state index contributed by atoms with van der Waals surface area (Å²) in [4.78, 5) is 20.4. The summed E-state index contributed by atoms with van der Waals surface area (Å²) >= 11 is 0. The van der Waals surface area contributed by atoms with Crippen molar-refractivity contribution in [1.82, 2.24) is 20.1 Å². The molecule has 9 heteroatoms. The number of carbonyl (C=O) groups is 1. The van der Waals surface area contributed by atoms with Crippen LogP contribution in [0.5, 0.6) is 0 Å². The molecule has 0 spiro atoms. The van der Waals surface area contributed by atoms with Gasteiger partial charge in [-0.2, -0.15) is 13.2 Å². The second-order valence-corrected chi connectivity index (χ2v) is 6.85. The third-order valence-electron chi connectivity index (χ3n) is 4.91. The maximum Gasteiger partial charge on any atom is 0.416 e. The number of alkyl halides is 3. The summed E-state index contributed by atoms with van der Waals surface area (Å²) in [5.41, 5.74) is 0.610. The molecule has 0 radical (unpaired) electrons. The van der Waals surface area contributed by atoms with Crippen LogP contribution in [0.4, 0.5) is 19.0 Å². The first-order chi connectivity index (χ1) is 14.4. The predicted molar refractivity (Wildman–Crippen MR) is 105 cm³/mol. The standard InChI is InChI=1S/C21H18F3N5O/c22-21(23,24)16-5-3-4-15(14-16)20(30)29-12-10-28(11-13-29)19-8-7-18(26-27-19)17-6-1-2-9-25-17/h1-9,14H,10-13H2. The van der Waals surface area contributed by atoms with Crippen LogP contribution in [0.1, 0.15) is 15.9 Å². The first-order valence-corrected chi connectivity index (χ1v) is 9.38. The van der Waals surface area contributed by atoms with E-state index in [1.807, 2.05) is 35.2 Å². The van der Waals surface area contributed by atoms with Crippen LogP contribution in [0.15, 0.2) is 60.8 Å². The topological polar surface area (TPSA) is 62.2 Å². The molecule has 6 nitrogen and oxygen atoms in total. The van der Waals surface area contributed by atoms with Crippen molar-refractivity contribution in [3.63, 3.8) is 0 Å². The van der Waals surface area contributed by atoms with Crippen LogP contribution in [-0.4, -0.2) is 52.2 Å². The van der Waals surface area contributed by atoms with E-state index in [-0.39, 0.29) is 5.56 Å². The highest BCUT2D eigenvalue weighted by Crippen LogP contribution is 2.30. The van der Waals surface area contributed by atoms with Crippen molar-refractivity contribution in [2.45, 2.75) is 6.18 Å². The fraction of sp³-hybridized carbons (Fsp3) is 0.238. The Balaban J connectivity index is 1.40. The van der Waals surface area contributed by atoms with Crippen LogP contribution < -0.4 is 4.90 Å². The number of pyridine rings is 1. The van der Waals surface area contributed by atoms with E-state index >= 15 is 0 Å². The fourth-order valence-corrected chi connectivity index (χ4v) is 3.29. The van der Waals surface area contributed by atoms with Gasteiger partial charge in [-0.1, -0.05) is 12.1 Å². The number of nitrogens with zero attached hydrogens (tertiary/aromatic N) is 5. The summed E-state index contributed by atoms with van der Waals surface area (Å²) in [5, 5.41) is 8.47. The number of benzene rings is 1. The molecule has 0 bridgehead atoms. The molecule has 1 aromatic carbocycles. The van der Waals surface area contributed by atoms with Crippen molar-refractivity contribution in [2.75, 3.05) is 31.1 Å². The van der Waals surface area contributed by atoms with E-state index in [1.54, 1.807) is 11.1 Å². The van der Waals surface area contributed by atoms with E-state index in [0.29, 0.717) is 37.7 Å². The number of rotatable bonds is 3. The van der Waals surface area contributed by atoms with E-state index in [9.17, 15) is 18.0 Å². The Morgan fingerprint density at radius 2 is 1.67 bits per heavy atom. The largest absolute Gasteiger partial charge is 0.416 e. The predicted octanol–water partition coefficient (Wildman–Crippen LogP) is 3.52. The zero-order chi connectivity index (χ0) is 21.1. The quantitative estimate of drug-likeness (QED) is 0.658. The Labute approximate surface area is 171 Å². The van der Waals surface area contributed by atoms with Crippen molar-refractivity contribution in [2.24, 2.45) is 0 Å². The fourth-order valence-electron chi connectivity index (χ4n) is 3.29. The van der Waals surface area contributed by atoms with E-state index in [4.69, 9.17) is 0 Å². The smallest absolute Gasteiger partial charge is 0.352 e. The van der Waals surface area contributed by atoms with Crippen LogP contribution in [0.25, 0.3) is 11.4 Å². The van der Waals surface area contributed by atoms with Crippen molar-refractivity contribution in [3.05, 3.63) is 71.9 Å². The number of aromatic nitrogens is 3.